The van der Waals surface area contributed by atoms with Gasteiger partial charge in [0, 0.05) is 23.2 Å². The zero-order valence-electron chi connectivity index (χ0n) is 11.4. The summed E-state index contributed by atoms with van der Waals surface area (Å²) in [6.45, 7) is 2.79. The summed E-state index contributed by atoms with van der Waals surface area (Å²) >= 11 is 0. The van der Waals surface area contributed by atoms with Crippen LogP contribution in [-0.2, 0) is 13.2 Å². The number of para-hydroxylation sites is 1. The first-order valence-corrected chi connectivity index (χ1v) is 6.68. The molecule has 0 spiro atoms. The van der Waals surface area contributed by atoms with Crippen LogP contribution in [0.3, 0.4) is 0 Å². The summed E-state index contributed by atoms with van der Waals surface area (Å²) in [6, 6.07) is 15.9. The van der Waals surface area contributed by atoms with Gasteiger partial charge in [-0.15, -0.1) is 0 Å². The molecule has 0 aliphatic carbocycles. The molecule has 3 heteroatoms. The fourth-order valence-electron chi connectivity index (χ4n) is 2.36. The molecule has 0 aliphatic heterocycles. The van der Waals surface area contributed by atoms with Gasteiger partial charge in [0.25, 0.3) is 0 Å². The number of aliphatic hydroxyl groups excluding tert-OH is 1. The van der Waals surface area contributed by atoms with Gasteiger partial charge in [-0.25, -0.2) is 0 Å². The summed E-state index contributed by atoms with van der Waals surface area (Å²) in [5, 5.41) is 13.6. The Morgan fingerprint density at radius 1 is 1.05 bits per heavy atom. The van der Waals surface area contributed by atoms with E-state index in [2.05, 4.69) is 11.4 Å². The van der Waals surface area contributed by atoms with Crippen LogP contribution in [0.25, 0.3) is 11.0 Å². The fourth-order valence-corrected chi connectivity index (χ4v) is 2.36. The standard InChI is InChI=1S/C17H17NO2/c1-12-16(15-4-2-3-5-17(15)20-12)10-18-14-8-6-13(11-19)7-9-14/h2-9,18-19H,10-11H2,1H3. The summed E-state index contributed by atoms with van der Waals surface area (Å²) in [4.78, 5) is 0. The predicted molar refractivity (Wildman–Crippen MR) is 80.6 cm³/mol. The number of furan rings is 1. The van der Waals surface area contributed by atoms with E-state index < -0.39 is 0 Å². The van der Waals surface area contributed by atoms with Gasteiger partial charge < -0.3 is 14.8 Å². The minimum atomic E-state index is 0.0752. The number of fused-ring (bicyclic) bond motifs is 1. The normalized spacial score (nSPS) is 10.9. The Bertz CT molecular complexity index is 713. The maximum Gasteiger partial charge on any atom is 0.134 e. The van der Waals surface area contributed by atoms with Crippen molar-refractivity contribution in [3.63, 3.8) is 0 Å². The third-order valence-electron chi connectivity index (χ3n) is 3.51. The molecule has 0 atom stereocenters. The lowest BCUT2D eigenvalue weighted by molar-refractivity contribution is 0.282. The average Bonchev–Trinajstić information content (AvgIpc) is 2.81. The lowest BCUT2D eigenvalue weighted by Gasteiger charge is -2.07. The number of benzene rings is 2. The van der Waals surface area contributed by atoms with Gasteiger partial charge in [0.1, 0.15) is 11.3 Å². The molecular weight excluding hydrogens is 250 g/mol. The minimum Gasteiger partial charge on any atom is -0.461 e. The number of nitrogens with one attached hydrogen (secondary N) is 1. The van der Waals surface area contributed by atoms with Crippen LogP contribution in [0.5, 0.6) is 0 Å². The molecule has 0 saturated heterocycles. The lowest BCUT2D eigenvalue weighted by atomic mass is 10.1. The Morgan fingerprint density at radius 2 is 1.80 bits per heavy atom. The van der Waals surface area contributed by atoms with E-state index in [1.165, 1.54) is 5.56 Å². The first-order valence-electron chi connectivity index (χ1n) is 6.68. The number of anilines is 1. The van der Waals surface area contributed by atoms with Gasteiger partial charge in [0.05, 0.1) is 6.61 Å². The first-order chi connectivity index (χ1) is 9.78. The maximum absolute atomic E-state index is 9.03. The molecule has 1 heterocycles. The van der Waals surface area contributed by atoms with E-state index in [9.17, 15) is 0 Å². The van der Waals surface area contributed by atoms with Crippen LogP contribution in [0.15, 0.2) is 52.9 Å². The molecule has 0 radical (unpaired) electrons. The predicted octanol–water partition coefficient (Wildman–Crippen LogP) is 3.85. The molecule has 2 N–H and O–H groups in total. The SMILES string of the molecule is Cc1oc2ccccc2c1CNc1ccc(CO)cc1. The lowest BCUT2D eigenvalue weighted by Crippen LogP contribution is -2.00. The van der Waals surface area contributed by atoms with Crippen LogP contribution >= 0.6 is 0 Å². The van der Waals surface area contributed by atoms with Crippen LogP contribution in [0.1, 0.15) is 16.9 Å². The molecule has 0 amide bonds. The topological polar surface area (TPSA) is 45.4 Å². The number of aliphatic hydroxyl groups is 1. The summed E-state index contributed by atoms with van der Waals surface area (Å²) in [7, 11) is 0. The highest BCUT2D eigenvalue weighted by Gasteiger charge is 2.09. The number of hydrogen-bond donors (Lipinski definition) is 2. The Kier molecular flexibility index (Phi) is 3.44. The molecule has 3 rings (SSSR count). The number of rotatable bonds is 4. The summed E-state index contributed by atoms with van der Waals surface area (Å²) in [5.41, 5.74) is 4.07. The van der Waals surface area contributed by atoms with Crippen LogP contribution < -0.4 is 5.32 Å². The average molecular weight is 267 g/mol. The van der Waals surface area contributed by atoms with E-state index in [0.717, 1.165) is 34.5 Å². The molecule has 20 heavy (non-hydrogen) atoms. The molecule has 0 bridgehead atoms. The van der Waals surface area contributed by atoms with E-state index in [1.54, 1.807) is 0 Å². The van der Waals surface area contributed by atoms with Crippen molar-refractivity contribution >= 4 is 16.7 Å². The highest BCUT2D eigenvalue weighted by atomic mass is 16.3. The highest BCUT2D eigenvalue weighted by molar-refractivity contribution is 5.82. The van der Waals surface area contributed by atoms with E-state index in [-0.39, 0.29) is 6.61 Å². The largest absolute Gasteiger partial charge is 0.461 e. The van der Waals surface area contributed by atoms with Crippen molar-refractivity contribution in [3.05, 3.63) is 65.4 Å². The van der Waals surface area contributed by atoms with Crippen molar-refractivity contribution in [2.75, 3.05) is 5.32 Å². The monoisotopic (exact) mass is 267 g/mol. The van der Waals surface area contributed by atoms with Crippen molar-refractivity contribution in [1.82, 2.24) is 0 Å². The molecule has 0 unspecified atom stereocenters. The molecule has 3 aromatic rings. The summed E-state index contributed by atoms with van der Waals surface area (Å²) in [6.07, 6.45) is 0. The first kappa shape index (κ1) is 12.8. The van der Waals surface area contributed by atoms with Crippen LogP contribution in [-0.4, -0.2) is 5.11 Å². The second kappa shape index (κ2) is 5.39. The van der Waals surface area contributed by atoms with Gasteiger partial charge >= 0.3 is 0 Å². The molecule has 3 nitrogen and oxygen atoms in total. The Morgan fingerprint density at radius 3 is 2.55 bits per heavy atom. The zero-order valence-corrected chi connectivity index (χ0v) is 11.4. The van der Waals surface area contributed by atoms with Crippen LogP contribution in [0, 0.1) is 6.92 Å². The smallest absolute Gasteiger partial charge is 0.134 e. The van der Waals surface area contributed by atoms with Crippen molar-refractivity contribution in [3.8, 4) is 0 Å². The molecule has 1 aromatic heterocycles. The minimum absolute atomic E-state index is 0.0752. The van der Waals surface area contributed by atoms with Crippen molar-refractivity contribution < 1.29 is 9.52 Å². The van der Waals surface area contributed by atoms with Gasteiger partial charge in [-0.1, -0.05) is 30.3 Å². The quantitative estimate of drug-likeness (QED) is 0.754. The molecule has 0 saturated carbocycles. The van der Waals surface area contributed by atoms with Gasteiger partial charge in [-0.3, -0.25) is 0 Å². The van der Waals surface area contributed by atoms with E-state index in [4.69, 9.17) is 9.52 Å². The van der Waals surface area contributed by atoms with E-state index >= 15 is 0 Å². The fraction of sp³-hybridized carbons (Fsp3) is 0.176. The van der Waals surface area contributed by atoms with Gasteiger partial charge in [0.2, 0.25) is 0 Å². The summed E-state index contributed by atoms with van der Waals surface area (Å²) in [5.74, 6) is 0.950. The molecule has 2 aromatic carbocycles. The maximum atomic E-state index is 9.03. The van der Waals surface area contributed by atoms with Crippen molar-refractivity contribution in [2.45, 2.75) is 20.1 Å². The van der Waals surface area contributed by atoms with Crippen molar-refractivity contribution in [2.24, 2.45) is 0 Å². The van der Waals surface area contributed by atoms with Crippen LogP contribution in [0.2, 0.25) is 0 Å². The van der Waals surface area contributed by atoms with Gasteiger partial charge in [0.15, 0.2) is 0 Å². The van der Waals surface area contributed by atoms with E-state index in [1.807, 2.05) is 49.4 Å². The number of aryl methyl sites for hydroxylation is 1. The molecule has 0 aliphatic rings. The second-order valence-corrected chi connectivity index (χ2v) is 4.84. The molecular formula is C17H17NO2. The third kappa shape index (κ3) is 2.40. The van der Waals surface area contributed by atoms with Gasteiger partial charge in [-0.05, 0) is 30.7 Å². The molecule has 0 fully saturated rings. The number of hydrogen-bond acceptors (Lipinski definition) is 3. The van der Waals surface area contributed by atoms with Crippen LogP contribution in [0.4, 0.5) is 5.69 Å². The molecule has 102 valence electrons. The zero-order chi connectivity index (χ0) is 13.9. The van der Waals surface area contributed by atoms with Crippen molar-refractivity contribution in [1.29, 1.82) is 0 Å². The second-order valence-electron chi connectivity index (χ2n) is 4.84. The van der Waals surface area contributed by atoms with E-state index in [0.29, 0.717) is 0 Å². The Labute approximate surface area is 117 Å². The summed E-state index contributed by atoms with van der Waals surface area (Å²) < 4.78 is 5.75. The Hall–Kier alpha value is -2.26. The highest BCUT2D eigenvalue weighted by Crippen LogP contribution is 2.26. The Balaban J connectivity index is 1.80. The third-order valence-corrected chi connectivity index (χ3v) is 3.51. The van der Waals surface area contributed by atoms with Gasteiger partial charge in [-0.2, -0.15) is 0 Å².